The molecule has 0 bridgehead atoms. The number of rotatable bonds is 29. The van der Waals surface area contributed by atoms with Gasteiger partial charge in [-0.3, -0.25) is 9.59 Å². The molecule has 0 aliphatic rings. The molecule has 38 heteroatoms. The number of hydrogen-bond acceptors (Lipinski definition) is 22. The summed E-state index contributed by atoms with van der Waals surface area (Å²) in [5, 5.41) is 42.1. The van der Waals surface area contributed by atoms with Crippen LogP contribution in [0, 0.1) is 10.8 Å². The van der Waals surface area contributed by atoms with E-state index in [1.807, 2.05) is 0 Å². The molecule has 16 radical (unpaired) electrons. The van der Waals surface area contributed by atoms with Crippen molar-refractivity contribution < 1.29 is 130 Å². The van der Waals surface area contributed by atoms with Crippen LogP contribution in [0.5, 0.6) is 23.0 Å². The third-order valence-corrected chi connectivity index (χ3v) is 14.9. The summed E-state index contributed by atoms with van der Waals surface area (Å²) >= 11 is 0. The zero-order valence-corrected chi connectivity index (χ0v) is 49.9. The first-order chi connectivity index (χ1) is 42.2. The van der Waals surface area contributed by atoms with Gasteiger partial charge in [-0.1, -0.05) is 106 Å². The smallest absolute Gasteiger partial charge is 0.426 e. The summed E-state index contributed by atoms with van der Waals surface area (Å²) in [6.45, 7) is -2.61. The molecular formula is C53H50B8F6O22S2-2. The van der Waals surface area contributed by atoms with Gasteiger partial charge in [0.2, 0.25) is 12.2 Å². The summed E-state index contributed by atoms with van der Waals surface area (Å²) < 4.78 is 178. The number of esters is 6. The highest BCUT2D eigenvalue weighted by Gasteiger charge is 2.51. The fraction of sp³-hybridized carbons (Fsp3) is 0.434. The van der Waals surface area contributed by atoms with E-state index in [4.69, 9.17) is 81.7 Å². The number of alkyl halides is 6. The Hall–Kier alpha value is -7.18. The molecule has 2 unspecified atom stereocenters. The van der Waals surface area contributed by atoms with Crippen LogP contribution in [0.3, 0.4) is 0 Å². The summed E-state index contributed by atoms with van der Waals surface area (Å²) in [4.78, 5) is 78.7. The lowest BCUT2D eigenvalue weighted by Crippen LogP contribution is -2.48. The van der Waals surface area contributed by atoms with Gasteiger partial charge in [-0.05, 0) is 57.9 Å². The van der Waals surface area contributed by atoms with Crippen molar-refractivity contribution in [1.29, 1.82) is 0 Å². The molecule has 4 rings (SSSR count). The number of phenolic OH excluding ortho intramolecular Hbond substituents is 4. The monoisotopic (exact) mass is 1300 g/mol. The van der Waals surface area contributed by atoms with E-state index in [2.05, 4.69) is 9.47 Å². The SMILES string of the molecule is [B]Cc1ccc(C[B])c(C(=O)OCC(C)(COC(=O)c2c(C[B])ccc(C[B])c2O)C(=O)OC(CS(=O)(=O)[O-])C(F)(F)F)c1O.[B]Cc1ccc(C[B])c(C(=O)OCC(CC)(COC(=O)c2c(C[B])ccc(C[B])c2O)C(=O)OC(CS(=O)(=O)[O-])C(F)(F)F)c1O. The molecule has 4 aromatic rings. The van der Waals surface area contributed by atoms with Crippen LogP contribution in [0.4, 0.5) is 26.3 Å². The van der Waals surface area contributed by atoms with E-state index in [1.165, 1.54) is 55.5 Å². The topological polar surface area (TPSA) is 353 Å². The second-order valence-corrected chi connectivity index (χ2v) is 22.8. The van der Waals surface area contributed by atoms with Gasteiger partial charge in [-0.2, -0.15) is 26.3 Å². The van der Waals surface area contributed by atoms with Crippen molar-refractivity contribution in [3.05, 3.63) is 115 Å². The third kappa shape index (κ3) is 20.7. The number of halogens is 6. The predicted molar refractivity (Wildman–Crippen MR) is 311 cm³/mol. The van der Waals surface area contributed by atoms with Crippen LogP contribution in [-0.2, 0) is 109 Å². The maximum atomic E-state index is 13.6. The normalized spacial score (nSPS) is 12.7. The van der Waals surface area contributed by atoms with Gasteiger partial charge >= 0.3 is 48.2 Å². The zero-order valence-electron chi connectivity index (χ0n) is 48.2. The Labute approximate surface area is 528 Å². The highest BCUT2D eigenvalue weighted by molar-refractivity contribution is 7.86. The minimum absolute atomic E-state index is 0.0627. The molecule has 4 aromatic carbocycles. The van der Waals surface area contributed by atoms with Crippen LogP contribution in [0.15, 0.2) is 48.5 Å². The number of benzene rings is 4. The van der Waals surface area contributed by atoms with Gasteiger partial charge < -0.3 is 58.0 Å². The van der Waals surface area contributed by atoms with Crippen molar-refractivity contribution >= 4 is 119 Å². The predicted octanol–water partition coefficient (Wildman–Crippen LogP) is 2.01. The Balaban J connectivity index is 0.000000475. The highest BCUT2D eigenvalue weighted by Crippen LogP contribution is 2.37. The standard InChI is InChI=1S/C27H27B4F3O11S.C26H25B4F3O11S/c1-2-26(25(39)45-18(27(32,33)34)11-46(40,41)42,12-43-23(37)19-14(7-28)3-5-16(9-30)21(19)35)13-44-24(38)20-15(8-29)4-6-17(10-31)22(20)36;1-25(24(38)44-17(26(31,32)33)10-45(39,40)41,11-42-22(36)18-13(6-27)2-4-15(8-29)20(18)34)12-43-23(37)19-14(7-28)3-5-16(9-30)21(19)35/h3-6,18,35-36H,2,7-13H2,1H3,(H,40,41,42);2-5,17,34-35H,6-12H2,1H3,(H,39,40,41)/p-2. The first kappa shape index (κ1) is 78.1. The number of ether oxygens (including phenoxy) is 6. The largest absolute Gasteiger partial charge is 0.748 e. The molecule has 0 saturated heterocycles. The van der Waals surface area contributed by atoms with Crippen LogP contribution in [0.25, 0.3) is 0 Å². The minimum Gasteiger partial charge on any atom is -0.748 e. The Morgan fingerprint density at radius 3 is 0.857 bits per heavy atom. The molecule has 22 nitrogen and oxygen atoms in total. The number of aromatic hydroxyl groups is 4. The average Bonchev–Trinajstić information content (AvgIpc) is 0.971. The zero-order chi connectivity index (χ0) is 69.4. The maximum absolute atomic E-state index is 13.6. The molecule has 0 fully saturated rings. The van der Waals surface area contributed by atoms with Crippen LogP contribution >= 0.6 is 0 Å². The van der Waals surface area contributed by atoms with Gasteiger partial charge in [0.25, 0.3) is 0 Å². The summed E-state index contributed by atoms with van der Waals surface area (Å²) in [7, 11) is 33.6. The Bertz CT molecular complexity index is 3390. The van der Waals surface area contributed by atoms with E-state index in [0.717, 1.165) is 6.92 Å². The summed E-state index contributed by atoms with van der Waals surface area (Å²) in [6, 6.07) is 10.9. The van der Waals surface area contributed by atoms with Crippen LogP contribution in [0.1, 0.15) is 106 Å². The van der Waals surface area contributed by atoms with Gasteiger partial charge in [-0.25, -0.2) is 36.0 Å². The van der Waals surface area contributed by atoms with Gasteiger partial charge in [-0.15, -0.1) is 0 Å². The summed E-state index contributed by atoms with van der Waals surface area (Å²) in [5.41, 5.74) is -6.21. The van der Waals surface area contributed by atoms with E-state index in [9.17, 15) is 101 Å². The van der Waals surface area contributed by atoms with Crippen molar-refractivity contribution in [1.82, 2.24) is 0 Å². The van der Waals surface area contributed by atoms with Gasteiger partial charge in [0, 0.05) is 0 Å². The van der Waals surface area contributed by atoms with Crippen LogP contribution < -0.4 is 0 Å². The first-order valence-corrected chi connectivity index (χ1v) is 29.4. The van der Waals surface area contributed by atoms with Crippen molar-refractivity contribution in [2.24, 2.45) is 10.8 Å². The second-order valence-electron chi connectivity index (χ2n) is 19.9. The maximum Gasteiger partial charge on any atom is 0.426 e. The molecule has 0 aliphatic carbocycles. The molecule has 0 aromatic heterocycles. The van der Waals surface area contributed by atoms with E-state index < -0.39 is 181 Å². The molecule has 0 amide bonds. The number of carbonyl (C=O) groups excluding carboxylic acids is 6. The van der Waals surface area contributed by atoms with E-state index >= 15 is 0 Å². The summed E-state index contributed by atoms with van der Waals surface area (Å²) in [5.74, 6) is -15.8. The molecule has 0 spiro atoms. The van der Waals surface area contributed by atoms with Crippen molar-refractivity contribution in [3.63, 3.8) is 0 Å². The molecule has 4 N–H and O–H groups in total. The van der Waals surface area contributed by atoms with Gasteiger partial charge in [0.15, 0.2) is 0 Å². The lowest BCUT2D eigenvalue weighted by Gasteiger charge is -2.32. The van der Waals surface area contributed by atoms with Gasteiger partial charge in [0.05, 0.1) is 94.5 Å². The van der Waals surface area contributed by atoms with Gasteiger partial charge in [0.1, 0.15) is 82.5 Å². The highest BCUT2D eigenvalue weighted by atomic mass is 32.2. The molecule has 0 saturated carbocycles. The number of phenols is 4. The Kier molecular flexibility index (Phi) is 28.2. The molecule has 0 aliphatic heterocycles. The van der Waals surface area contributed by atoms with E-state index in [-0.39, 0.29) is 95.1 Å². The lowest BCUT2D eigenvalue weighted by atomic mass is 9.86. The molecular weight excluding hydrogens is 1250 g/mol. The summed E-state index contributed by atoms with van der Waals surface area (Å²) in [6.07, 6.45) is -20.5. The first-order valence-electron chi connectivity index (χ1n) is 26.3. The number of carbonyl (C=O) groups is 6. The molecule has 91 heavy (non-hydrogen) atoms. The molecule has 2 atom stereocenters. The molecule has 0 heterocycles. The second kappa shape index (κ2) is 32.9. The average molecular weight is 1300 g/mol. The number of hydrogen-bond donors (Lipinski definition) is 4. The third-order valence-electron chi connectivity index (χ3n) is 13.5. The van der Waals surface area contributed by atoms with Crippen LogP contribution in [-0.4, -0.2) is 207 Å². The Morgan fingerprint density at radius 1 is 0.429 bits per heavy atom. The van der Waals surface area contributed by atoms with Crippen molar-refractivity contribution in [2.75, 3.05) is 37.9 Å². The van der Waals surface area contributed by atoms with Crippen LogP contribution in [0.2, 0.25) is 0 Å². The fourth-order valence-electron chi connectivity index (χ4n) is 8.06. The van der Waals surface area contributed by atoms with Crippen molar-refractivity contribution in [3.8, 4) is 23.0 Å². The molecule has 474 valence electrons. The minimum atomic E-state index is -5.58. The quantitative estimate of drug-likeness (QED) is 0.0199. The van der Waals surface area contributed by atoms with E-state index in [0.29, 0.717) is 0 Å². The lowest BCUT2D eigenvalue weighted by molar-refractivity contribution is -0.223. The van der Waals surface area contributed by atoms with Crippen molar-refractivity contribution in [2.45, 2.75) is 95.4 Å². The Morgan fingerprint density at radius 2 is 0.648 bits per heavy atom. The van der Waals surface area contributed by atoms with E-state index in [1.54, 1.807) is 0 Å². The fourth-order valence-corrected chi connectivity index (χ4v) is 9.31.